The molecule has 6 aromatic rings. The predicted molar refractivity (Wildman–Crippen MR) is 407 cm³/mol. The van der Waals surface area contributed by atoms with Gasteiger partial charge in [-0.3, -0.25) is 9.97 Å². The molecule has 0 amide bonds. The summed E-state index contributed by atoms with van der Waals surface area (Å²) in [6, 6.07) is 42.8. The summed E-state index contributed by atoms with van der Waals surface area (Å²) in [6.45, 7) is 52.4. The van der Waals surface area contributed by atoms with Gasteiger partial charge in [-0.2, -0.15) is 0 Å². The second-order valence-electron chi connectivity index (χ2n) is 26.1. The summed E-state index contributed by atoms with van der Waals surface area (Å²) in [5, 5.41) is 0. The van der Waals surface area contributed by atoms with Crippen LogP contribution in [-0.4, -0.2) is 9.97 Å². The highest BCUT2D eigenvalue weighted by Crippen LogP contribution is 2.21. The molecule has 6 rings (SSSR count). The third kappa shape index (κ3) is 50.2. The molecule has 0 N–H and O–H groups in total. The van der Waals surface area contributed by atoms with Gasteiger partial charge >= 0.3 is 0 Å². The van der Waals surface area contributed by atoms with Crippen LogP contribution in [0.4, 0.5) is 0 Å². The number of benzene rings is 4. The van der Waals surface area contributed by atoms with Crippen LogP contribution in [0.15, 0.2) is 140 Å². The van der Waals surface area contributed by atoms with Crippen molar-refractivity contribution in [1.82, 2.24) is 9.97 Å². The fraction of sp³-hybridized carbons (Fsp3) is 0.407. The summed E-state index contributed by atoms with van der Waals surface area (Å²) in [7, 11) is 0. The number of aromatic nitrogens is 2. The molecule has 0 radical (unpaired) electrons. The molecule has 0 saturated heterocycles. The van der Waals surface area contributed by atoms with Gasteiger partial charge in [-0.1, -0.05) is 310 Å². The molecule has 0 spiro atoms. The average Bonchev–Trinajstić information content (AvgIpc) is 0.998. The van der Waals surface area contributed by atoms with Crippen LogP contribution in [-0.2, 0) is 0 Å². The lowest BCUT2D eigenvalue weighted by Gasteiger charge is -2.02. The van der Waals surface area contributed by atoms with E-state index in [1.165, 1.54) is 11.1 Å². The minimum Gasteiger partial charge on any atom is -0.253 e. The minimum atomic E-state index is 0.362. The molecule has 2 nitrogen and oxygen atoms in total. The molecule has 0 aliphatic heterocycles. The van der Waals surface area contributed by atoms with Crippen molar-refractivity contribution < 1.29 is 0 Å². The van der Waals surface area contributed by atoms with Crippen LogP contribution in [0.2, 0.25) is 0 Å². The Kier molecular flexibility index (Phi) is 45.4. The highest BCUT2D eigenvalue weighted by atomic mass is 14.8. The molecule has 2 aromatic heterocycles. The SMILES string of the molecule is CC(C)C.CC(C)C#CC#CC(C)C.CC(C)C#CC(C)C.CC(C)C#Cc1ccc(-c2ccc(C#CC(C)C)cc2)cc1.CC(C)C#Cc1ccc(-c2ccc(C#CC(C)C)cn2)nc1.CC(C)C#Cc1ccc(C#CC(C)C)cc1.CC(C)C#Cc1ccccc1. The van der Waals surface area contributed by atoms with Gasteiger partial charge in [-0.25, -0.2) is 0 Å². The lowest BCUT2D eigenvalue weighted by Crippen LogP contribution is -1.89. The molecule has 93 heavy (non-hydrogen) atoms. The second-order valence-corrected chi connectivity index (χ2v) is 26.1. The van der Waals surface area contributed by atoms with Gasteiger partial charge in [0.05, 0.1) is 11.4 Å². The van der Waals surface area contributed by atoms with Crippen LogP contribution < -0.4 is 0 Å². The van der Waals surface area contributed by atoms with E-state index in [0.717, 1.165) is 56.2 Å². The van der Waals surface area contributed by atoms with Crippen LogP contribution in [0.3, 0.4) is 0 Å². The number of nitrogens with zero attached hydrogens (tertiary/aromatic N) is 2. The van der Waals surface area contributed by atoms with Gasteiger partial charge in [0.1, 0.15) is 0 Å². The number of pyridine rings is 2. The third-order valence-electron chi connectivity index (χ3n) is 10.5. The molecule has 0 fully saturated rings. The summed E-state index contributed by atoms with van der Waals surface area (Å²) in [5.74, 6) is 67.3. The van der Waals surface area contributed by atoms with Gasteiger partial charge in [-0.05, 0) is 114 Å². The van der Waals surface area contributed by atoms with Crippen molar-refractivity contribution in [3.63, 3.8) is 0 Å². The molecule has 0 atom stereocenters. The zero-order valence-corrected chi connectivity index (χ0v) is 61.6. The fourth-order valence-electron chi connectivity index (χ4n) is 6.18. The summed E-state index contributed by atoms with van der Waals surface area (Å²) in [6.07, 6.45) is 3.58. The van der Waals surface area contributed by atoms with Crippen LogP contribution >= 0.6 is 0 Å². The fourth-order valence-corrected chi connectivity index (χ4v) is 6.18. The molecule has 484 valence electrons. The molecular formula is C91H110N2. The van der Waals surface area contributed by atoms with Crippen molar-refractivity contribution in [1.29, 1.82) is 0 Å². The lowest BCUT2D eigenvalue weighted by molar-refractivity contribution is 0.737. The van der Waals surface area contributed by atoms with Crippen molar-refractivity contribution in [3.05, 3.63) is 179 Å². The Labute approximate surface area is 570 Å². The zero-order chi connectivity index (χ0) is 70.1. The van der Waals surface area contributed by atoms with Gasteiger partial charge in [0.25, 0.3) is 0 Å². The average molecular weight is 1230 g/mol. The van der Waals surface area contributed by atoms with Gasteiger partial charge < -0.3 is 0 Å². The van der Waals surface area contributed by atoms with E-state index < -0.39 is 0 Å². The normalized spacial score (nSPS) is 9.43. The van der Waals surface area contributed by atoms with E-state index >= 15 is 0 Å². The molecule has 2 heteroatoms. The predicted octanol–water partition coefficient (Wildman–Crippen LogP) is 22.2. The second kappa shape index (κ2) is 50.4. The summed E-state index contributed by atoms with van der Waals surface area (Å²) < 4.78 is 0. The van der Waals surface area contributed by atoms with E-state index in [1.807, 2.05) is 78.9 Å². The van der Waals surface area contributed by atoms with Gasteiger partial charge in [-0.15, -0.1) is 11.8 Å². The maximum absolute atomic E-state index is 4.43. The van der Waals surface area contributed by atoms with E-state index in [2.05, 4.69) is 350 Å². The number of hydrogen-bond acceptors (Lipinski definition) is 2. The maximum atomic E-state index is 4.43. The highest BCUT2D eigenvalue weighted by molar-refractivity contribution is 5.65. The molecule has 2 heterocycles. The largest absolute Gasteiger partial charge is 0.253 e. The molecule has 0 bridgehead atoms. The Balaban J connectivity index is 0.00000112. The van der Waals surface area contributed by atoms with Crippen molar-refractivity contribution in [2.45, 2.75) is 173 Å². The van der Waals surface area contributed by atoms with Gasteiger partial charge in [0, 0.05) is 116 Å². The van der Waals surface area contributed by atoms with E-state index in [0.29, 0.717) is 65.1 Å². The molecule has 0 saturated carbocycles. The smallest absolute Gasteiger partial charge is 0.0887 e. The first-order valence-electron chi connectivity index (χ1n) is 33.3. The Morgan fingerprint density at radius 3 is 0.602 bits per heavy atom. The Hall–Kier alpha value is -9.22. The monoisotopic (exact) mass is 1230 g/mol. The van der Waals surface area contributed by atoms with Crippen LogP contribution in [0.5, 0.6) is 0 Å². The molecule has 0 aliphatic carbocycles. The molecular weight excluding hydrogens is 1120 g/mol. The Morgan fingerprint density at radius 2 is 0.398 bits per heavy atom. The third-order valence-corrected chi connectivity index (χ3v) is 10.5. The first kappa shape index (κ1) is 83.8. The van der Waals surface area contributed by atoms with E-state index in [-0.39, 0.29) is 0 Å². The van der Waals surface area contributed by atoms with E-state index in [4.69, 9.17) is 0 Å². The Morgan fingerprint density at radius 1 is 0.204 bits per heavy atom. The van der Waals surface area contributed by atoms with E-state index in [9.17, 15) is 0 Å². The minimum absolute atomic E-state index is 0.362. The summed E-state index contributed by atoms with van der Waals surface area (Å²) in [4.78, 5) is 8.86. The number of rotatable bonds is 2. The van der Waals surface area contributed by atoms with Crippen molar-refractivity contribution >= 4 is 0 Å². The number of hydrogen-bond donors (Lipinski definition) is 0. The summed E-state index contributed by atoms with van der Waals surface area (Å²) >= 11 is 0. The first-order chi connectivity index (χ1) is 43.9. The maximum Gasteiger partial charge on any atom is 0.0887 e. The zero-order valence-electron chi connectivity index (χ0n) is 61.6. The molecule has 4 aromatic carbocycles. The highest BCUT2D eigenvalue weighted by Gasteiger charge is 2.02. The van der Waals surface area contributed by atoms with Gasteiger partial charge in [0.15, 0.2) is 0 Å². The van der Waals surface area contributed by atoms with Crippen LogP contribution in [0.1, 0.15) is 212 Å². The van der Waals surface area contributed by atoms with Crippen molar-refractivity contribution in [2.75, 3.05) is 0 Å². The standard InChI is InChI=1S/C22H22.C20H20N2.C16H18.C11H12.C10H14.C8H14.C4H10/c1-17(2)5-7-19-9-13-21(14-10-19)22-15-11-20(12-16-22)8-6-18(3)4;1-15(2)5-7-17-9-11-19(21-13-17)20-12-10-18(14-22-20)8-6-16(3)4;1-13(2)5-7-15-9-11-16(12-10-15)8-6-14(3)4;1-10(2)8-9-11-6-4-3-5-7-11;1-9(2)7-5-6-8-10(3)4;1-7(2)5-6-8(3)4;1-4(2)3/h9-18H,1-4H3;9-16H,1-4H3;9-14H,1-4H3;3-7,10H,1-2H3;9-10H,1-4H3;7-8H,1-4H3;4H,1-3H3. The van der Waals surface area contributed by atoms with Gasteiger partial charge in [0.2, 0.25) is 0 Å². The van der Waals surface area contributed by atoms with Crippen molar-refractivity contribution in [3.8, 4) is 141 Å². The van der Waals surface area contributed by atoms with Crippen LogP contribution in [0, 0.1) is 189 Å². The lowest BCUT2D eigenvalue weighted by atomic mass is 10.0. The first-order valence-corrected chi connectivity index (χ1v) is 33.3. The quantitative estimate of drug-likeness (QED) is 0.162. The Bertz CT molecular complexity index is 3350. The summed E-state index contributed by atoms with van der Waals surface area (Å²) in [5.41, 5.74) is 11.3. The van der Waals surface area contributed by atoms with Crippen molar-refractivity contribution in [2.24, 2.45) is 71.0 Å². The molecule has 0 aliphatic rings. The van der Waals surface area contributed by atoms with E-state index in [1.54, 1.807) is 12.4 Å². The molecule has 0 unspecified atom stereocenters. The van der Waals surface area contributed by atoms with Crippen LogP contribution in [0.25, 0.3) is 22.5 Å². The topological polar surface area (TPSA) is 25.8 Å².